The average molecular weight is 834 g/mol. The molecule has 13 nitrogen and oxygen atoms in total. The number of benzene rings is 1. The van der Waals surface area contributed by atoms with E-state index in [1.165, 1.54) is 24.3 Å². The van der Waals surface area contributed by atoms with Gasteiger partial charge in [-0.15, -0.1) is 0 Å². The largest absolute Gasteiger partial charge is 0.394 e. The lowest BCUT2D eigenvalue weighted by Gasteiger charge is -2.29. The number of rotatable bonds is 11. The maximum absolute atomic E-state index is 13.2. The van der Waals surface area contributed by atoms with Crippen LogP contribution in [0.2, 0.25) is 15.7 Å². The van der Waals surface area contributed by atoms with Crippen LogP contribution in [0, 0.1) is 18.6 Å². The van der Waals surface area contributed by atoms with Gasteiger partial charge in [0.1, 0.15) is 22.7 Å². The summed E-state index contributed by atoms with van der Waals surface area (Å²) in [5.74, 6) is -0.574. The van der Waals surface area contributed by atoms with E-state index in [4.69, 9.17) is 50.2 Å². The van der Waals surface area contributed by atoms with Crippen LogP contribution in [0.1, 0.15) is 71.8 Å². The fourth-order valence-electron chi connectivity index (χ4n) is 4.39. The molecule has 0 aliphatic heterocycles. The number of aromatic nitrogens is 6. The molecule has 4 aromatic heterocycles. The number of unbranched alkanes of at least 4 members (excludes halogenated alkanes) is 2. The van der Waals surface area contributed by atoms with Crippen LogP contribution in [0.25, 0.3) is 22.1 Å². The molecule has 296 valence electrons. The molecule has 0 amide bonds. The van der Waals surface area contributed by atoms with E-state index in [1.807, 2.05) is 20.8 Å². The van der Waals surface area contributed by atoms with Crippen LogP contribution in [0.4, 0.5) is 14.6 Å². The van der Waals surface area contributed by atoms with Crippen molar-refractivity contribution in [3.8, 4) is 0 Å². The van der Waals surface area contributed by atoms with Crippen LogP contribution in [0.5, 0.6) is 0 Å². The van der Waals surface area contributed by atoms with Crippen molar-refractivity contribution < 1.29 is 32.0 Å². The van der Waals surface area contributed by atoms with Crippen molar-refractivity contribution in [2.45, 2.75) is 89.1 Å². The topological polar surface area (TPSA) is 210 Å². The third kappa shape index (κ3) is 15.7. The molecular weight excluding hydrogens is 789 g/mol. The lowest BCUT2D eigenvalue weighted by atomic mass is 9.96. The molecule has 0 saturated heterocycles. The summed E-state index contributed by atoms with van der Waals surface area (Å²) in [6.07, 6.45) is 8.07. The highest BCUT2D eigenvalue weighted by molar-refractivity contribution is 7.85. The Morgan fingerprint density at radius 3 is 1.80 bits per heavy atom. The molecule has 5 aromatic rings. The number of aryl methyl sites for hydroxylation is 1. The standard InChI is InChI=1S/C14H18ClFN4O.C7H2Cl2FN3.C7H17NO.C7H8O3S/c1-3-4-5-14(2,8-21)20-12-11-10(18-13(15)19-12)6-9(16)7-17-11;8-6-5-4(12-7(9)13-6)1-3(10)2-11-5;1-3-4-5-7(2,8)6-9;1-6-2-4-7(5-3-6)11(8,9)10/h6-7,21H,3-5,8H2,1-2H3,(H,18,19,20);1-2H;9H,3-6,8H2,1-2H3;2-5H,1H3,(H,8,9,10)/t14-;;7-;/m1.1./s1. The van der Waals surface area contributed by atoms with Crippen molar-refractivity contribution in [1.82, 2.24) is 29.9 Å². The van der Waals surface area contributed by atoms with E-state index >= 15 is 0 Å². The molecular formula is C35H45Cl3F2N8O5S. The van der Waals surface area contributed by atoms with E-state index in [2.05, 4.69) is 49.1 Å². The first-order chi connectivity index (χ1) is 25.3. The van der Waals surface area contributed by atoms with Crippen molar-refractivity contribution in [1.29, 1.82) is 0 Å². The second kappa shape index (κ2) is 21.6. The molecule has 1 aromatic carbocycles. The van der Waals surface area contributed by atoms with E-state index in [0.29, 0.717) is 27.9 Å². The summed E-state index contributed by atoms with van der Waals surface area (Å²) >= 11 is 17.1. The van der Waals surface area contributed by atoms with Gasteiger partial charge in [0.2, 0.25) is 10.6 Å². The Morgan fingerprint density at radius 2 is 1.30 bits per heavy atom. The van der Waals surface area contributed by atoms with Crippen LogP contribution in [0.3, 0.4) is 0 Å². The summed E-state index contributed by atoms with van der Waals surface area (Å²) < 4.78 is 55.5. The van der Waals surface area contributed by atoms with Crippen molar-refractivity contribution in [3.63, 3.8) is 0 Å². The number of nitrogens with one attached hydrogen (secondary N) is 1. The first-order valence-electron chi connectivity index (χ1n) is 16.7. The summed E-state index contributed by atoms with van der Waals surface area (Å²) in [5, 5.41) is 21.6. The van der Waals surface area contributed by atoms with Crippen molar-refractivity contribution >= 4 is 72.8 Å². The maximum atomic E-state index is 13.2. The molecule has 0 aliphatic rings. The number of fused-ring (bicyclic) bond motifs is 2. The first-order valence-corrected chi connectivity index (χ1v) is 19.3. The van der Waals surface area contributed by atoms with E-state index in [9.17, 15) is 22.3 Å². The van der Waals surface area contributed by atoms with E-state index in [1.54, 1.807) is 12.1 Å². The molecule has 6 N–H and O–H groups in total. The van der Waals surface area contributed by atoms with Gasteiger partial charge in [0, 0.05) is 17.7 Å². The molecule has 4 heterocycles. The lowest BCUT2D eigenvalue weighted by molar-refractivity contribution is 0.198. The number of hydrogen-bond donors (Lipinski definition) is 5. The quantitative estimate of drug-likeness (QED) is 0.0490. The van der Waals surface area contributed by atoms with Gasteiger partial charge < -0.3 is 21.3 Å². The molecule has 0 spiro atoms. The maximum Gasteiger partial charge on any atom is 0.294 e. The zero-order chi connectivity index (χ0) is 40.7. The van der Waals surface area contributed by atoms with Gasteiger partial charge in [-0.25, -0.2) is 33.7 Å². The number of aliphatic hydroxyl groups excluding tert-OH is 2. The van der Waals surface area contributed by atoms with Crippen molar-refractivity contribution in [2.75, 3.05) is 18.5 Å². The number of nitrogens with two attached hydrogens (primary N) is 1. The third-order valence-corrected chi connectivity index (χ3v) is 9.01. The molecule has 0 unspecified atom stereocenters. The van der Waals surface area contributed by atoms with Crippen LogP contribution in [0.15, 0.2) is 53.7 Å². The van der Waals surface area contributed by atoms with E-state index in [0.717, 1.165) is 56.5 Å². The number of anilines is 1. The average Bonchev–Trinajstić information content (AvgIpc) is 3.10. The fourth-order valence-corrected chi connectivity index (χ4v) is 5.49. The van der Waals surface area contributed by atoms with Gasteiger partial charge in [-0.2, -0.15) is 13.4 Å². The van der Waals surface area contributed by atoms with Crippen molar-refractivity contribution in [3.05, 3.63) is 81.7 Å². The zero-order valence-corrected chi connectivity index (χ0v) is 33.6. The Bertz CT molecular complexity index is 2060. The highest BCUT2D eigenvalue weighted by atomic mass is 35.5. The molecule has 0 aliphatic carbocycles. The lowest BCUT2D eigenvalue weighted by Crippen LogP contribution is -2.39. The van der Waals surface area contributed by atoms with Crippen LogP contribution >= 0.6 is 34.8 Å². The van der Waals surface area contributed by atoms with Gasteiger partial charge in [0.05, 0.1) is 47.1 Å². The minimum atomic E-state index is -4.02. The number of aliphatic hydroxyl groups is 2. The van der Waals surface area contributed by atoms with Gasteiger partial charge in [0.15, 0.2) is 11.0 Å². The van der Waals surface area contributed by atoms with E-state index in [-0.39, 0.29) is 39.4 Å². The number of pyridine rings is 2. The SMILES string of the molecule is CCCC[C@@](C)(N)CO.CCCC[C@](C)(CO)Nc1nc(Cl)nc2cc(F)cnc12.Cc1ccc(S(=O)(=O)O)cc1.Fc1cnc2c(Cl)nc(Cl)nc2c1. The van der Waals surface area contributed by atoms with Gasteiger partial charge >= 0.3 is 0 Å². The van der Waals surface area contributed by atoms with Gasteiger partial charge in [-0.1, -0.05) is 68.8 Å². The molecule has 0 fully saturated rings. The molecule has 0 bridgehead atoms. The van der Waals surface area contributed by atoms with Crippen LogP contribution in [-0.4, -0.2) is 77.4 Å². The highest BCUT2D eigenvalue weighted by Gasteiger charge is 2.25. The van der Waals surface area contributed by atoms with Crippen LogP contribution in [-0.2, 0) is 10.1 Å². The minimum Gasteiger partial charge on any atom is -0.394 e. The number of hydrogen-bond acceptors (Lipinski definition) is 12. The molecule has 5 rings (SSSR count). The molecule has 54 heavy (non-hydrogen) atoms. The Kier molecular flexibility index (Phi) is 18.6. The van der Waals surface area contributed by atoms with E-state index < -0.39 is 27.3 Å². The number of nitrogens with zero attached hydrogens (tertiary/aromatic N) is 6. The predicted molar refractivity (Wildman–Crippen MR) is 208 cm³/mol. The Morgan fingerprint density at radius 1 is 0.796 bits per heavy atom. The second-order valence-corrected chi connectivity index (χ2v) is 15.3. The molecule has 2 atom stereocenters. The third-order valence-electron chi connectivity index (χ3n) is 7.54. The summed E-state index contributed by atoms with van der Waals surface area (Å²) in [7, 11) is -4.02. The van der Waals surface area contributed by atoms with Crippen molar-refractivity contribution in [2.24, 2.45) is 5.73 Å². The summed E-state index contributed by atoms with van der Waals surface area (Å²) in [6, 6.07) is 8.44. The molecule has 19 heteroatoms. The van der Waals surface area contributed by atoms with Gasteiger partial charge in [0.25, 0.3) is 10.1 Å². The summed E-state index contributed by atoms with van der Waals surface area (Å²) in [5.41, 5.74) is 7.10. The monoisotopic (exact) mass is 832 g/mol. The minimum absolute atomic E-state index is 0.00758. The zero-order valence-electron chi connectivity index (χ0n) is 30.5. The molecule has 0 saturated carbocycles. The fraction of sp³-hybridized carbons (Fsp3) is 0.429. The molecule has 0 radical (unpaired) electrons. The highest BCUT2D eigenvalue weighted by Crippen LogP contribution is 2.26. The van der Waals surface area contributed by atoms with Gasteiger partial charge in [-0.3, -0.25) is 4.55 Å². The second-order valence-electron chi connectivity index (χ2n) is 12.8. The summed E-state index contributed by atoms with van der Waals surface area (Å²) in [6.45, 7) is 9.85. The smallest absolute Gasteiger partial charge is 0.294 e. The summed E-state index contributed by atoms with van der Waals surface area (Å²) in [4.78, 5) is 23.2. The van der Waals surface area contributed by atoms with Gasteiger partial charge in [-0.05, 0) is 68.9 Å². The number of halogens is 5. The normalized spacial score (nSPS) is 13.3. The Hall–Kier alpha value is -3.48. The Labute approximate surface area is 328 Å². The Balaban J connectivity index is 0.000000264. The first kappa shape index (κ1) is 46.7. The van der Waals surface area contributed by atoms with Crippen LogP contribution < -0.4 is 11.1 Å². The predicted octanol–water partition coefficient (Wildman–Crippen LogP) is 7.77.